The van der Waals surface area contributed by atoms with Gasteiger partial charge >= 0.3 is 0 Å². The second-order valence-corrected chi connectivity index (χ2v) is 8.26. The molecule has 2 heterocycles. The van der Waals surface area contributed by atoms with Crippen molar-refractivity contribution in [3.05, 3.63) is 81.3 Å². The van der Waals surface area contributed by atoms with Crippen molar-refractivity contribution in [3.8, 4) is 21.8 Å². The van der Waals surface area contributed by atoms with Crippen molar-refractivity contribution in [3.63, 3.8) is 0 Å². The second kappa shape index (κ2) is 8.05. The number of anilines is 1. The molecule has 1 N–H and O–H groups in total. The molecule has 0 aliphatic rings. The summed E-state index contributed by atoms with van der Waals surface area (Å²) in [7, 11) is 0. The van der Waals surface area contributed by atoms with Crippen LogP contribution in [0.25, 0.3) is 21.8 Å². The van der Waals surface area contributed by atoms with Gasteiger partial charge in [-0.3, -0.25) is 4.79 Å². The number of rotatable bonds is 5. The van der Waals surface area contributed by atoms with E-state index < -0.39 is 0 Å². The number of nitrogens with one attached hydrogen (secondary N) is 1. The minimum Gasteiger partial charge on any atom is -0.326 e. The molecule has 134 valence electrons. The highest BCUT2D eigenvalue weighted by Crippen LogP contribution is 2.30. The molecule has 2 aromatic heterocycles. The normalized spacial score (nSPS) is 10.7. The van der Waals surface area contributed by atoms with Gasteiger partial charge in [0.25, 0.3) is 0 Å². The molecular formula is C21H15ClN2OS2. The molecule has 4 aromatic rings. The second-order valence-electron chi connectivity index (χ2n) is 5.93. The van der Waals surface area contributed by atoms with Crippen LogP contribution in [0, 0.1) is 0 Å². The van der Waals surface area contributed by atoms with E-state index in [1.165, 1.54) is 0 Å². The molecule has 0 aliphatic carbocycles. The van der Waals surface area contributed by atoms with Crippen molar-refractivity contribution in [2.75, 3.05) is 5.32 Å². The number of thiophene rings is 1. The van der Waals surface area contributed by atoms with Crippen molar-refractivity contribution in [1.29, 1.82) is 0 Å². The third-order valence-electron chi connectivity index (χ3n) is 3.95. The molecule has 0 atom stereocenters. The van der Waals surface area contributed by atoms with Crippen LogP contribution < -0.4 is 5.32 Å². The van der Waals surface area contributed by atoms with E-state index in [2.05, 4.69) is 5.32 Å². The number of carbonyl (C=O) groups is 1. The van der Waals surface area contributed by atoms with Gasteiger partial charge in [0, 0.05) is 32.1 Å². The van der Waals surface area contributed by atoms with Crippen LogP contribution in [0.2, 0.25) is 5.02 Å². The highest BCUT2D eigenvalue weighted by molar-refractivity contribution is 7.13. The molecule has 0 radical (unpaired) electrons. The van der Waals surface area contributed by atoms with Crippen LogP contribution in [-0.4, -0.2) is 10.9 Å². The van der Waals surface area contributed by atoms with E-state index in [0.717, 1.165) is 32.4 Å². The smallest absolute Gasteiger partial charge is 0.229 e. The Hall–Kier alpha value is -2.47. The van der Waals surface area contributed by atoms with Crippen molar-refractivity contribution < 1.29 is 4.79 Å². The first kappa shape index (κ1) is 17.9. The van der Waals surface area contributed by atoms with Crippen LogP contribution in [0.5, 0.6) is 0 Å². The highest BCUT2D eigenvalue weighted by atomic mass is 35.5. The molecule has 0 saturated carbocycles. The molecular weight excluding hydrogens is 396 g/mol. The molecule has 0 spiro atoms. The van der Waals surface area contributed by atoms with Crippen LogP contribution in [-0.2, 0) is 11.2 Å². The fourth-order valence-electron chi connectivity index (χ4n) is 2.66. The number of nitrogens with zero attached hydrogens (tertiary/aromatic N) is 1. The van der Waals surface area contributed by atoms with E-state index >= 15 is 0 Å². The van der Waals surface area contributed by atoms with E-state index in [1.54, 1.807) is 22.7 Å². The quantitative estimate of drug-likeness (QED) is 0.415. The summed E-state index contributed by atoms with van der Waals surface area (Å²) in [4.78, 5) is 18.0. The van der Waals surface area contributed by atoms with E-state index in [0.29, 0.717) is 11.4 Å². The molecule has 27 heavy (non-hydrogen) atoms. The zero-order valence-electron chi connectivity index (χ0n) is 14.2. The topological polar surface area (TPSA) is 42.0 Å². The summed E-state index contributed by atoms with van der Waals surface area (Å²) < 4.78 is 0. The molecule has 0 aliphatic heterocycles. The van der Waals surface area contributed by atoms with E-state index in [1.807, 2.05) is 71.4 Å². The van der Waals surface area contributed by atoms with Gasteiger partial charge in [-0.2, -0.15) is 0 Å². The summed E-state index contributed by atoms with van der Waals surface area (Å²) in [5.74, 6) is -0.0188. The van der Waals surface area contributed by atoms with Crippen LogP contribution >= 0.6 is 34.3 Å². The molecule has 0 fully saturated rings. The number of amides is 1. The lowest BCUT2D eigenvalue weighted by molar-refractivity contribution is -0.115. The summed E-state index contributed by atoms with van der Waals surface area (Å²) in [6.07, 6.45) is 0.388. The molecule has 4 rings (SSSR count). The van der Waals surface area contributed by atoms with Gasteiger partial charge in [0.15, 0.2) is 0 Å². The molecule has 0 saturated heterocycles. The zero-order chi connectivity index (χ0) is 18.6. The van der Waals surface area contributed by atoms with Crippen molar-refractivity contribution in [2.45, 2.75) is 6.42 Å². The minimum atomic E-state index is -0.0188. The molecule has 3 nitrogen and oxygen atoms in total. The molecule has 0 bridgehead atoms. The summed E-state index contributed by atoms with van der Waals surface area (Å²) in [6, 6.07) is 19.3. The number of halogens is 1. The van der Waals surface area contributed by atoms with E-state index in [4.69, 9.17) is 16.6 Å². The Bertz CT molecular complexity index is 1060. The van der Waals surface area contributed by atoms with Gasteiger partial charge < -0.3 is 5.32 Å². The van der Waals surface area contributed by atoms with Gasteiger partial charge in [-0.25, -0.2) is 4.98 Å². The van der Waals surface area contributed by atoms with E-state index in [-0.39, 0.29) is 5.91 Å². The number of hydrogen-bond donors (Lipinski definition) is 1. The van der Waals surface area contributed by atoms with E-state index in [9.17, 15) is 4.79 Å². The largest absolute Gasteiger partial charge is 0.326 e. The summed E-state index contributed by atoms with van der Waals surface area (Å²) in [5.41, 5.74) is 3.67. The van der Waals surface area contributed by atoms with Gasteiger partial charge in [0.2, 0.25) is 5.91 Å². The number of benzene rings is 2. The maximum atomic E-state index is 12.2. The zero-order valence-corrected chi connectivity index (χ0v) is 16.6. The molecule has 2 aromatic carbocycles. The maximum Gasteiger partial charge on any atom is 0.229 e. The molecule has 6 heteroatoms. The average molecular weight is 411 g/mol. The Morgan fingerprint density at radius 3 is 2.63 bits per heavy atom. The first-order valence-corrected chi connectivity index (χ1v) is 10.5. The third kappa shape index (κ3) is 4.45. The number of carbonyl (C=O) groups excluding carboxylic acids is 1. The Labute approximate surface area is 170 Å². The third-order valence-corrected chi connectivity index (χ3v) is 5.97. The summed E-state index contributed by atoms with van der Waals surface area (Å²) in [6.45, 7) is 0. The average Bonchev–Trinajstić information content (AvgIpc) is 3.34. The van der Waals surface area contributed by atoms with Gasteiger partial charge in [-0.1, -0.05) is 41.9 Å². The maximum absolute atomic E-state index is 12.2. The summed E-state index contributed by atoms with van der Waals surface area (Å²) >= 11 is 9.12. The predicted molar refractivity (Wildman–Crippen MR) is 115 cm³/mol. The highest BCUT2D eigenvalue weighted by Gasteiger charge is 2.09. The molecule has 1 amide bonds. The van der Waals surface area contributed by atoms with Gasteiger partial charge in [-0.15, -0.1) is 22.7 Å². The van der Waals surface area contributed by atoms with Crippen LogP contribution in [0.15, 0.2) is 71.4 Å². The lowest BCUT2D eigenvalue weighted by atomic mass is 10.1. The van der Waals surface area contributed by atoms with Crippen LogP contribution in [0.1, 0.15) is 4.88 Å². The number of aromatic nitrogens is 1. The fourth-order valence-corrected chi connectivity index (χ4v) is 4.33. The van der Waals surface area contributed by atoms with Gasteiger partial charge in [0.1, 0.15) is 5.01 Å². The lowest BCUT2D eigenvalue weighted by Crippen LogP contribution is -2.13. The Balaban J connectivity index is 1.50. The lowest BCUT2D eigenvalue weighted by Gasteiger charge is -2.06. The summed E-state index contributed by atoms with van der Waals surface area (Å²) in [5, 5.41) is 8.61. The fraction of sp³-hybridized carbons (Fsp3) is 0.0476. The Kier molecular flexibility index (Phi) is 5.34. The first-order valence-electron chi connectivity index (χ1n) is 8.31. The van der Waals surface area contributed by atoms with Gasteiger partial charge in [0.05, 0.1) is 12.1 Å². The molecule has 0 unspecified atom stereocenters. The minimum absolute atomic E-state index is 0.0188. The van der Waals surface area contributed by atoms with Crippen molar-refractivity contribution in [2.24, 2.45) is 0 Å². The number of thiazole rings is 1. The first-order chi connectivity index (χ1) is 13.2. The van der Waals surface area contributed by atoms with Crippen molar-refractivity contribution in [1.82, 2.24) is 4.98 Å². The Morgan fingerprint density at radius 1 is 1.00 bits per heavy atom. The predicted octanol–water partition coefficient (Wildman–Crippen LogP) is 6.37. The SMILES string of the molecule is O=C(Cc1cccs1)Nc1cccc(-c2csc(-c3ccc(Cl)cc3)n2)c1. The number of hydrogen-bond acceptors (Lipinski definition) is 4. The monoisotopic (exact) mass is 410 g/mol. The van der Waals surface area contributed by atoms with Gasteiger partial charge in [-0.05, 0) is 35.7 Å². The Morgan fingerprint density at radius 2 is 1.85 bits per heavy atom. The van der Waals surface area contributed by atoms with Crippen molar-refractivity contribution >= 4 is 45.9 Å². The van der Waals surface area contributed by atoms with Crippen LogP contribution in [0.4, 0.5) is 5.69 Å². The van der Waals surface area contributed by atoms with Crippen LogP contribution in [0.3, 0.4) is 0 Å². The standard InChI is InChI=1S/C21H15ClN2OS2/c22-16-8-6-14(7-9-16)21-24-19(13-27-21)15-3-1-4-17(11-15)23-20(25)12-18-5-2-10-26-18/h1-11,13H,12H2,(H,23,25).